The van der Waals surface area contributed by atoms with Crippen molar-refractivity contribution in [2.24, 2.45) is 17.1 Å². The molecule has 1 aromatic rings. The van der Waals surface area contributed by atoms with Crippen LogP contribution in [0.2, 0.25) is 0 Å². The predicted molar refractivity (Wildman–Crippen MR) is 88.2 cm³/mol. The molecule has 1 aliphatic rings. The summed E-state index contributed by atoms with van der Waals surface area (Å²) >= 11 is 0. The molecule has 20 heavy (non-hydrogen) atoms. The molecular formula is C18H30N2. The third-order valence-electron chi connectivity index (χ3n) is 5.51. The van der Waals surface area contributed by atoms with Gasteiger partial charge in [-0.25, -0.2) is 0 Å². The molecule has 1 aromatic carbocycles. The Morgan fingerprint density at radius 1 is 1.25 bits per heavy atom. The lowest BCUT2D eigenvalue weighted by molar-refractivity contribution is 0.103. The standard InChI is InChI=1S/C18H30N2/c1-14-8-6-7-9-16(14)20(5)18(13-19)11-10-17(3,4)12-15(18)2/h6-9,15H,10-13,19H2,1-5H3. The van der Waals surface area contributed by atoms with Crippen LogP contribution >= 0.6 is 0 Å². The van der Waals surface area contributed by atoms with Gasteiger partial charge < -0.3 is 10.6 Å². The first kappa shape index (κ1) is 15.4. The van der Waals surface area contributed by atoms with Crippen molar-refractivity contribution in [2.45, 2.75) is 52.5 Å². The molecule has 0 saturated heterocycles. The Kier molecular flexibility index (Phi) is 4.15. The second kappa shape index (κ2) is 5.40. The molecule has 1 fully saturated rings. The number of rotatable bonds is 3. The number of nitrogens with zero attached hydrogens (tertiary/aromatic N) is 1. The summed E-state index contributed by atoms with van der Waals surface area (Å²) in [4.78, 5) is 2.46. The lowest BCUT2D eigenvalue weighted by atomic mass is 9.63. The second-order valence-electron chi connectivity index (χ2n) is 7.42. The third kappa shape index (κ3) is 2.58. The number of para-hydroxylation sites is 1. The number of nitrogens with two attached hydrogens (primary N) is 1. The van der Waals surface area contributed by atoms with E-state index in [4.69, 9.17) is 5.73 Å². The van der Waals surface area contributed by atoms with Gasteiger partial charge in [0.25, 0.3) is 0 Å². The molecular weight excluding hydrogens is 244 g/mol. The smallest absolute Gasteiger partial charge is 0.0546 e. The van der Waals surface area contributed by atoms with E-state index in [0.717, 1.165) is 6.54 Å². The molecule has 2 unspecified atom stereocenters. The number of hydrogen-bond donors (Lipinski definition) is 1. The van der Waals surface area contributed by atoms with Crippen molar-refractivity contribution in [1.82, 2.24) is 0 Å². The third-order valence-corrected chi connectivity index (χ3v) is 5.51. The molecule has 2 atom stereocenters. The van der Waals surface area contributed by atoms with Crippen LogP contribution in [0.5, 0.6) is 0 Å². The highest BCUT2D eigenvalue weighted by Gasteiger charge is 2.45. The summed E-state index contributed by atoms with van der Waals surface area (Å²) in [5, 5.41) is 0. The van der Waals surface area contributed by atoms with E-state index in [9.17, 15) is 0 Å². The topological polar surface area (TPSA) is 29.3 Å². The van der Waals surface area contributed by atoms with Crippen LogP contribution < -0.4 is 10.6 Å². The number of aryl methyl sites for hydroxylation is 1. The van der Waals surface area contributed by atoms with Gasteiger partial charge in [-0.15, -0.1) is 0 Å². The van der Waals surface area contributed by atoms with Gasteiger partial charge in [0, 0.05) is 19.3 Å². The molecule has 0 heterocycles. The molecule has 0 amide bonds. The summed E-state index contributed by atoms with van der Waals surface area (Å²) in [6.07, 6.45) is 3.69. The van der Waals surface area contributed by atoms with Crippen molar-refractivity contribution in [3.05, 3.63) is 29.8 Å². The van der Waals surface area contributed by atoms with Gasteiger partial charge in [0.15, 0.2) is 0 Å². The van der Waals surface area contributed by atoms with Crippen LogP contribution in [0.3, 0.4) is 0 Å². The van der Waals surface area contributed by atoms with Crippen molar-refractivity contribution < 1.29 is 0 Å². The molecule has 0 aromatic heterocycles. The Morgan fingerprint density at radius 3 is 2.45 bits per heavy atom. The summed E-state index contributed by atoms with van der Waals surface area (Å²) in [5.74, 6) is 0.612. The Hall–Kier alpha value is -1.02. The zero-order valence-electron chi connectivity index (χ0n) is 13.7. The Bertz CT molecular complexity index is 466. The molecule has 0 spiro atoms. The SMILES string of the molecule is Cc1ccccc1N(C)C1(CN)CCC(C)(C)CC1C. The fraction of sp³-hybridized carbons (Fsp3) is 0.667. The normalized spacial score (nSPS) is 29.2. The Labute approximate surface area is 124 Å². The minimum atomic E-state index is 0.0988. The van der Waals surface area contributed by atoms with Crippen LogP contribution in [0.4, 0.5) is 5.69 Å². The van der Waals surface area contributed by atoms with Crippen LogP contribution in [0.1, 0.15) is 45.6 Å². The van der Waals surface area contributed by atoms with Crippen LogP contribution in [-0.4, -0.2) is 19.1 Å². The number of benzene rings is 1. The van der Waals surface area contributed by atoms with Crippen molar-refractivity contribution in [2.75, 3.05) is 18.5 Å². The van der Waals surface area contributed by atoms with E-state index < -0.39 is 0 Å². The van der Waals surface area contributed by atoms with Crippen LogP contribution in [-0.2, 0) is 0 Å². The van der Waals surface area contributed by atoms with E-state index >= 15 is 0 Å². The molecule has 2 nitrogen and oxygen atoms in total. The summed E-state index contributed by atoms with van der Waals surface area (Å²) in [5.41, 5.74) is 9.47. The Morgan fingerprint density at radius 2 is 1.90 bits per heavy atom. The quantitative estimate of drug-likeness (QED) is 0.903. The largest absolute Gasteiger partial charge is 0.367 e. The monoisotopic (exact) mass is 274 g/mol. The maximum atomic E-state index is 6.26. The van der Waals surface area contributed by atoms with Crippen molar-refractivity contribution in [1.29, 1.82) is 0 Å². The highest BCUT2D eigenvalue weighted by molar-refractivity contribution is 5.55. The zero-order valence-corrected chi connectivity index (χ0v) is 13.7. The minimum absolute atomic E-state index is 0.0988. The van der Waals surface area contributed by atoms with Gasteiger partial charge in [-0.3, -0.25) is 0 Å². The highest BCUT2D eigenvalue weighted by atomic mass is 15.2. The summed E-state index contributed by atoms with van der Waals surface area (Å²) in [6, 6.07) is 8.64. The van der Waals surface area contributed by atoms with Crippen LogP contribution in [0.15, 0.2) is 24.3 Å². The molecule has 2 heteroatoms. The van der Waals surface area contributed by atoms with E-state index in [1.807, 2.05) is 0 Å². The van der Waals surface area contributed by atoms with Crippen molar-refractivity contribution in [3.8, 4) is 0 Å². The summed E-state index contributed by atoms with van der Waals surface area (Å²) in [6.45, 7) is 10.1. The van der Waals surface area contributed by atoms with E-state index in [1.165, 1.54) is 30.5 Å². The lowest BCUT2D eigenvalue weighted by Gasteiger charge is -2.53. The fourth-order valence-corrected chi connectivity index (χ4v) is 4.04. The summed E-state index contributed by atoms with van der Waals surface area (Å²) in [7, 11) is 2.23. The van der Waals surface area contributed by atoms with Gasteiger partial charge in [-0.1, -0.05) is 39.0 Å². The first-order valence-electron chi connectivity index (χ1n) is 7.82. The zero-order chi connectivity index (χ0) is 15.0. The van der Waals surface area contributed by atoms with Gasteiger partial charge in [0.2, 0.25) is 0 Å². The lowest BCUT2D eigenvalue weighted by Crippen LogP contribution is -2.60. The van der Waals surface area contributed by atoms with Gasteiger partial charge in [-0.05, 0) is 49.1 Å². The highest BCUT2D eigenvalue weighted by Crippen LogP contribution is 2.47. The average Bonchev–Trinajstić information content (AvgIpc) is 2.38. The second-order valence-corrected chi connectivity index (χ2v) is 7.42. The predicted octanol–water partition coefficient (Wildman–Crippen LogP) is 3.97. The first-order chi connectivity index (χ1) is 9.32. The van der Waals surface area contributed by atoms with E-state index in [0.29, 0.717) is 11.3 Å². The van der Waals surface area contributed by atoms with E-state index in [1.54, 1.807) is 0 Å². The van der Waals surface area contributed by atoms with Gasteiger partial charge >= 0.3 is 0 Å². The molecule has 0 aliphatic heterocycles. The minimum Gasteiger partial charge on any atom is -0.367 e. The van der Waals surface area contributed by atoms with Crippen LogP contribution in [0, 0.1) is 18.3 Å². The average molecular weight is 274 g/mol. The number of likely N-dealkylation sites (N-methyl/N-ethyl adjacent to an activating group) is 1. The maximum Gasteiger partial charge on any atom is 0.0546 e. The molecule has 0 radical (unpaired) electrons. The molecule has 1 aliphatic carbocycles. The summed E-state index contributed by atoms with van der Waals surface area (Å²) < 4.78 is 0. The van der Waals surface area contributed by atoms with Gasteiger partial charge in [0.1, 0.15) is 0 Å². The first-order valence-corrected chi connectivity index (χ1v) is 7.82. The van der Waals surface area contributed by atoms with Crippen molar-refractivity contribution >= 4 is 5.69 Å². The van der Waals surface area contributed by atoms with Gasteiger partial charge in [0.05, 0.1) is 5.54 Å². The maximum absolute atomic E-state index is 6.26. The molecule has 2 N–H and O–H groups in total. The van der Waals surface area contributed by atoms with Gasteiger partial charge in [-0.2, -0.15) is 0 Å². The fourth-order valence-electron chi connectivity index (χ4n) is 4.04. The van der Waals surface area contributed by atoms with Crippen molar-refractivity contribution in [3.63, 3.8) is 0 Å². The molecule has 112 valence electrons. The van der Waals surface area contributed by atoms with E-state index in [2.05, 4.69) is 63.9 Å². The molecule has 2 rings (SSSR count). The Balaban J connectivity index is 2.34. The molecule has 0 bridgehead atoms. The molecule has 1 saturated carbocycles. The number of hydrogen-bond acceptors (Lipinski definition) is 2. The van der Waals surface area contributed by atoms with Crippen LogP contribution in [0.25, 0.3) is 0 Å². The van der Waals surface area contributed by atoms with E-state index in [-0.39, 0.29) is 5.54 Å². The number of anilines is 1.